The van der Waals surface area contributed by atoms with Crippen LogP contribution in [0.2, 0.25) is 0 Å². The number of rotatable bonds is 3. The van der Waals surface area contributed by atoms with E-state index in [1.54, 1.807) is 0 Å². The average Bonchev–Trinajstić information content (AvgIpc) is 2.67. The van der Waals surface area contributed by atoms with E-state index in [4.69, 9.17) is 9.47 Å². The quantitative estimate of drug-likeness (QED) is 0.732. The van der Waals surface area contributed by atoms with Gasteiger partial charge in [-0.2, -0.15) is 0 Å². The Morgan fingerprint density at radius 3 is 3.21 bits per heavy atom. The van der Waals surface area contributed by atoms with E-state index in [-0.39, 0.29) is 6.10 Å². The number of aromatic nitrogens is 1. The maximum Gasteiger partial charge on any atom is 0.0892 e. The van der Waals surface area contributed by atoms with Crippen LogP contribution in [0.4, 0.5) is 0 Å². The van der Waals surface area contributed by atoms with Crippen LogP contribution in [0.15, 0.2) is 18.2 Å². The minimum absolute atomic E-state index is 0.261. The second-order valence-electron chi connectivity index (χ2n) is 3.57. The molecule has 1 saturated heterocycles. The van der Waals surface area contributed by atoms with Crippen LogP contribution in [0.1, 0.15) is 17.8 Å². The first kappa shape index (κ1) is 9.62. The summed E-state index contributed by atoms with van der Waals surface area (Å²) in [6.45, 7) is 4.13. The molecule has 1 aromatic heterocycles. The maximum absolute atomic E-state index is 5.66. The van der Waals surface area contributed by atoms with E-state index in [0.717, 1.165) is 31.0 Å². The predicted octanol–water partition coefficient (Wildman–Crippen LogP) is 1.70. The van der Waals surface area contributed by atoms with Crippen molar-refractivity contribution in [2.45, 2.75) is 26.1 Å². The SMILES string of the molecule is Cc1cccc(COC2CCOC2)n1. The van der Waals surface area contributed by atoms with Gasteiger partial charge in [-0.3, -0.25) is 4.98 Å². The Balaban J connectivity index is 1.85. The molecule has 2 rings (SSSR count). The third kappa shape index (κ3) is 2.53. The fourth-order valence-electron chi connectivity index (χ4n) is 1.53. The lowest BCUT2D eigenvalue weighted by Crippen LogP contribution is -2.12. The summed E-state index contributed by atoms with van der Waals surface area (Å²) < 4.78 is 10.9. The van der Waals surface area contributed by atoms with Crippen LogP contribution in [-0.2, 0) is 16.1 Å². The number of nitrogens with zero attached hydrogens (tertiary/aromatic N) is 1. The molecule has 14 heavy (non-hydrogen) atoms. The van der Waals surface area contributed by atoms with E-state index in [1.807, 2.05) is 25.1 Å². The Morgan fingerprint density at radius 1 is 1.57 bits per heavy atom. The van der Waals surface area contributed by atoms with Gasteiger partial charge in [-0.05, 0) is 25.5 Å². The third-order valence-corrected chi connectivity index (χ3v) is 2.30. The Kier molecular flexibility index (Phi) is 3.11. The normalized spacial score (nSPS) is 21.4. The van der Waals surface area contributed by atoms with Gasteiger partial charge in [-0.1, -0.05) is 6.07 Å². The molecular formula is C11H15NO2. The molecule has 0 amide bonds. The molecule has 1 aliphatic rings. The van der Waals surface area contributed by atoms with Gasteiger partial charge in [0.05, 0.1) is 25.0 Å². The molecule has 0 saturated carbocycles. The van der Waals surface area contributed by atoms with Gasteiger partial charge in [0, 0.05) is 12.3 Å². The lowest BCUT2D eigenvalue weighted by Gasteiger charge is -2.09. The van der Waals surface area contributed by atoms with E-state index in [1.165, 1.54) is 0 Å². The second kappa shape index (κ2) is 4.53. The fraction of sp³-hybridized carbons (Fsp3) is 0.545. The number of hydrogen-bond acceptors (Lipinski definition) is 3. The molecule has 1 aromatic rings. The molecule has 0 aliphatic carbocycles. The van der Waals surface area contributed by atoms with E-state index < -0.39 is 0 Å². The predicted molar refractivity (Wildman–Crippen MR) is 53.0 cm³/mol. The highest BCUT2D eigenvalue weighted by Gasteiger charge is 2.15. The van der Waals surface area contributed by atoms with Crippen LogP contribution in [0.25, 0.3) is 0 Å². The zero-order chi connectivity index (χ0) is 9.80. The second-order valence-corrected chi connectivity index (χ2v) is 3.57. The molecule has 1 aliphatic heterocycles. The van der Waals surface area contributed by atoms with Crippen molar-refractivity contribution in [1.29, 1.82) is 0 Å². The van der Waals surface area contributed by atoms with E-state index in [2.05, 4.69) is 4.98 Å². The van der Waals surface area contributed by atoms with Crippen molar-refractivity contribution in [3.05, 3.63) is 29.6 Å². The van der Waals surface area contributed by atoms with Crippen molar-refractivity contribution < 1.29 is 9.47 Å². The highest BCUT2D eigenvalue weighted by molar-refractivity contribution is 5.08. The number of hydrogen-bond donors (Lipinski definition) is 0. The summed E-state index contributed by atoms with van der Waals surface area (Å²) in [5.74, 6) is 0. The number of pyridine rings is 1. The van der Waals surface area contributed by atoms with Gasteiger partial charge in [-0.15, -0.1) is 0 Å². The molecule has 3 heteroatoms. The molecule has 0 aromatic carbocycles. The summed E-state index contributed by atoms with van der Waals surface area (Å²) in [5.41, 5.74) is 2.03. The van der Waals surface area contributed by atoms with E-state index in [0.29, 0.717) is 6.61 Å². The fourth-order valence-corrected chi connectivity index (χ4v) is 1.53. The van der Waals surface area contributed by atoms with Crippen LogP contribution in [0.3, 0.4) is 0 Å². The van der Waals surface area contributed by atoms with Gasteiger partial charge < -0.3 is 9.47 Å². The molecule has 3 nitrogen and oxygen atoms in total. The minimum atomic E-state index is 0.261. The van der Waals surface area contributed by atoms with Crippen molar-refractivity contribution in [1.82, 2.24) is 4.98 Å². The molecule has 0 radical (unpaired) electrons. The Hall–Kier alpha value is -0.930. The minimum Gasteiger partial charge on any atom is -0.379 e. The summed E-state index contributed by atoms with van der Waals surface area (Å²) in [5, 5.41) is 0. The zero-order valence-corrected chi connectivity index (χ0v) is 8.40. The van der Waals surface area contributed by atoms with Crippen molar-refractivity contribution in [2.75, 3.05) is 13.2 Å². The Bertz CT molecular complexity index is 295. The summed E-state index contributed by atoms with van der Waals surface area (Å²) in [4.78, 5) is 4.37. The lowest BCUT2D eigenvalue weighted by molar-refractivity contribution is 0.0301. The standard InChI is InChI=1S/C11H15NO2/c1-9-3-2-4-10(12-9)7-14-11-5-6-13-8-11/h2-4,11H,5-8H2,1H3. The Morgan fingerprint density at radius 2 is 2.50 bits per heavy atom. The highest BCUT2D eigenvalue weighted by atomic mass is 16.5. The van der Waals surface area contributed by atoms with Gasteiger partial charge in [-0.25, -0.2) is 0 Å². The van der Waals surface area contributed by atoms with Crippen molar-refractivity contribution >= 4 is 0 Å². The van der Waals surface area contributed by atoms with Gasteiger partial charge in [0.15, 0.2) is 0 Å². The first-order valence-electron chi connectivity index (χ1n) is 4.96. The zero-order valence-electron chi connectivity index (χ0n) is 8.40. The molecule has 2 heterocycles. The highest BCUT2D eigenvalue weighted by Crippen LogP contribution is 2.10. The van der Waals surface area contributed by atoms with Crippen LogP contribution in [0, 0.1) is 6.92 Å². The first-order valence-corrected chi connectivity index (χ1v) is 4.96. The van der Waals surface area contributed by atoms with Crippen LogP contribution in [-0.4, -0.2) is 24.3 Å². The summed E-state index contributed by atoms with van der Waals surface area (Å²) in [7, 11) is 0. The smallest absolute Gasteiger partial charge is 0.0892 e. The largest absolute Gasteiger partial charge is 0.379 e. The number of ether oxygens (including phenoxy) is 2. The molecule has 0 bridgehead atoms. The monoisotopic (exact) mass is 193 g/mol. The van der Waals surface area contributed by atoms with Crippen LogP contribution < -0.4 is 0 Å². The molecule has 1 fully saturated rings. The Labute approximate surface area is 84.1 Å². The van der Waals surface area contributed by atoms with Gasteiger partial charge >= 0.3 is 0 Å². The molecular weight excluding hydrogens is 178 g/mol. The van der Waals surface area contributed by atoms with Crippen LogP contribution in [0.5, 0.6) is 0 Å². The molecule has 1 atom stereocenters. The van der Waals surface area contributed by atoms with Gasteiger partial charge in [0.2, 0.25) is 0 Å². The summed E-state index contributed by atoms with van der Waals surface area (Å²) >= 11 is 0. The van der Waals surface area contributed by atoms with Gasteiger partial charge in [0.25, 0.3) is 0 Å². The summed E-state index contributed by atoms with van der Waals surface area (Å²) in [6, 6.07) is 5.98. The lowest BCUT2D eigenvalue weighted by atomic mass is 10.3. The number of aryl methyl sites for hydroxylation is 1. The molecule has 76 valence electrons. The van der Waals surface area contributed by atoms with E-state index in [9.17, 15) is 0 Å². The molecule has 1 unspecified atom stereocenters. The summed E-state index contributed by atoms with van der Waals surface area (Å²) in [6.07, 6.45) is 1.27. The maximum atomic E-state index is 5.66. The van der Waals surface area contributed by atoms with E-state index >= 15 is 0 Å². The van der Waals surface area contributed by atoms with Crippen LogP contribution >= 0.6 is 0 Å². The van der Waals surface area contributed by atoms with Crippen molar-refractivity contribution in [2.24, 2.45) is 0 Å². The van der Waals surface area contributed by atoms with Gasteiger partial charge in [0.1, 0.15) is 0 Å². The molecule has 0 N–H and O–H groups in total. The van der Waals surface area contributed by atoms with Crippen molar-refractivity contribution in [3.8, 4) is 0 Å². The van der Waals surface area contributed by atoms with Crippen molar-refractivity contribution in [3.63, 3.8) is 0 Å². The first-order chi connectivity index (χ1) is 6.84. The third-order valence-electron chi connectivity index (χ3n) is 2.30. The topological polar surface area (TPSA) is 31.4 Å². The molecule has 0 spiro atoms. The average molecular weight is 193 g/mol.